The Morgan fingerprint density at radius 2 is 1.33 bits per heavy atom. The van der Waals surface area contributed by atoms with Gasteiger partial charge in [-0.3, -0.25) is 19.2 Å². The molecule has 1 aromatic carbocycles. The van der Waals surface area contributed by atoms with Crippen LogP contribution in [0.4, 0.5) is 0 Å². The Morgan fingerprint density at radius 3 is 1.87 bits per heavy atom. The van der Waals surface area contributed by atoms with Gasteiger partial charge in [0.05, 0.1) is 0 Å². The summed E-state index contributed by atoms with van der Waals surface area (Å²) in [4.78, 5) is 47.3. The first kappa shape index (κ1) is 23.7. The molecule has 0 bridgehead atoms. The molecule has 0 amide bonds. The maximum Gasteiger partial charge on any atom is 0.303 e. The highest BCUT2D eigenvalue weighted by Crippen LogP contribution is 2.37. The van der Waals surface area contributed by atoms with Crippen molar-refractivity contribution in [3.05, 3.63) is 30.3 Å². The van der Waals surface area contributed by atoms with Gasteiger partial charge in [-0.1, -0.05) is 30.0 Å². The number of hydrogen-bond donors (Lipinski definition) is 0. The van der Waals surface area contributed by atoms with Crippen LogP contribution in [-0.4, -0.2) is 60.3 Å². The van der Waals surface area contributed by atoms with Crippen molar-refractivity contribution in [3.8, 4) is 0 Å². The van der Waals surface area contributed by atoms with Gasteiger partial charge in [-0.05, 0) is 12.1 Å². The molecule has 1 unspecified atom stereocenters. The summed E-state index contributed by atoms with van der Waals surface area (Å²) < 4.78 is 27.2. The Morgan fingerprint density at radius 1 is 0.800 bits per heavy atom. The van der Waals surface area contributed by atoms with E-state index in [0.29, 0.717) is 0 Å². The van der Waals surface area contributed by atoms with E-state index >= 15 is 0 Å². The lowest BCUT2D eigenvalue weighted by Crippen LogP contribution is -2.61. The Bertz CT molecular complexity index is 767. The third-order valence-corrected chi connectivity index (χ3v) is 5.10. The minimum atomic E-state index is -1.16. The topological polar surface area (TPSA) is 114 Å². The third-order valence-electron chi connectivity index (χ3n) is 3.94. The van der Waals surface area contributed by atoms with Gasteiger partial charge in [-0.15, -0.1) is 0 Å². The van der Waals surface area contributed by atoms with Crippen molar-refractivity contribution >= 4 is 35.6 Å². The van der Waals surface area contributed by atoms with Crippen molar-refractivity contribution in [1.29, 1.82) is 0 Å². The Labute approximate surface area is 178 Å². The predicted octanol–water partition coefficient (Wildman–Crippen LogP) is 1.86. The van der Waals surface area contributed by atoms with E-state index in [0.717, 1.165) is 4.90 Å². The van der Waals surface area contributed by atoms with E-state index in [9.17, 15) is 19.2 Å². The summed E-state index contributed by atoms with van der Waals surface area (Å²) in [6.45, 7) is 4.56. The van der Waals surface area contributed by atoms with Crippen molar-refractivity contribution in [1.82, 2.24) is 0 Å². The molecule has 0 aromatic heterocycles. The zero-order valence-corrected chi connectivity index (χ0v) is 17.9. The smallest absolute Gasteiger partial charge is 0.303 e. The SMILES string of the molecule is CC(=O)OC[C@H]1OC(Sc2ccccc2)[C@H](OC(C)=O)[C@@H](OC(C)=O)[C@@H]1OC(C)=O. The molecule has 1 aromatic rings. The highest BCUT2D eigenvalue weighted by Gasteiger charge is 2.52. The fourth-order valence-electron chi connectivity index (χ4n) is 2.92. The number of benzene rings is 1. The fraction of sp³-hybridized carbons (Fsp3) is 0.500. The molecule has 0 radical (unpaired) electrons. The number of ether oxygens (including phenoxy) is 5. The van der Waals surface area contributed by atoms with Crippen LogP contribution in [0.1, 0.15) is 27.7 Å². The highest BCUT2D eigenvalue weighted by molar-refractivity contribution is 7.99. The van der Waals surface area contributed by atoms with Crippen LogP contribution in [0.15, 0.2) is 35.2 Å². The second-order valence-corrected chi connectivity index (χ2v) is 7.67. The van der Waals surface area contributed by atoms with Crippen molar-refractivity contribution in [3.63, 3.8) is 0 Å². The summed E-state index contributed by atoms with van der Waals surface area (Å²) in [5, 5.41) is 0. The normalized spacial score (nSPS) is 25.7. The van der Waals surface area contributed by atoms with E-state index in [4.69, 9.17) is 23.7 Å². The average molecular weight is 440 g/mol. The van der Waals surface area contributed by atoms with Crippen LogP contribution in [0.2, 0.25) is 0 Å². The second kappa shape index (κ2) is 11.0. The lowest BCUT2D eigenvalue weighted by atomic mass is 9.99. The van der Waals surface area contributed by atoms with Crippen LogP contribution in [-0.2, 0) is 42.9 Å². The van der Waals surface area contributed by atoms with E-state index in [2.05, 4.69) is 0 Å². The largest absolute Gasteiger partial charge is 0.463 e. The van der Waals surface area contributed by atoms with E-state index in [1.54, 1.807) is 0 Å². The molecule has 1 heterocycles. The monoisotopic (exact) mass is 440 g/mol. The summed E-state index contributed by atoms with van der Waals surface area (Å²) in [7, 11) is 0. The summed E-state index contributed by atoms with van der Waals surface area (Å²) in [5.41, 5.74) is -0.826. The minimum absolute atomic E-state index is 0.246. The Hall–Kier alpha value is -2.59. The first-order valence-corrected chi connectivity index (χ1v) is 10.1. The Kier molecular flexibility index (Phi) is 8.67. The number of thioether (sulfide) groups is 1. The standard InChI is InChI=1S/C20H24O9S/c1-11(21)25-10-16-17(26-12(2)22)18(27-13(3)23)19(28-14(4)24)20(29-16)30-15-8-6-5-7-9-15/h5-9,16-20H,10H2,1-4H3/t16-,17-,18+,19-,20?/m1/s1. The molecule has 164 valence electrons. The lowest BCUT2D eigenvalue weighted by molar-refractivity contribution is -0.237. The Balaban J connectivity index is 2.42. The number of carbonyl (C=O) groups excluding carboxylic acids is 4. The summed E-state index contributed by atoms with van der Waals surface area (Å²) in [6, 6.07) is 9.16. The van der Waals surface area contributed by atoms with Crippen LogP contribution < -0.4 is 0 Å². The summed E-state index contributed by atoms with van der Waals surface area (Å²) in [6.07, 6.45) is -4.33. The van der Waals surface area contributed by atoms with Crippen molar-refractivity contribution in [2.24, 2.45) is 0 Å². The zero-order chi connectivity index (χ0) is 22.3. The zero-order valence-electron chi connectivity index (χ0n) is 17.1. The van der Waals surface area contributed by atoms with Gasteiger partial charge in [0.2, 0.25) is 0 Å². The summed E-state index contributed by atoms with van der Waals surface area (Å²) >= 11 is 1.23. The molecule has 10 heteroatoms. The average Bonchev–Trinajstić information content (AvgIpc) is 2.64. The molecule has 1 aliphatic rings. The minimum Gasteiger partial charge on any atom is -0.463 e. The second-order valence-electron chi connectivity index (χ2n) is 6.50. The number of rotatable bonds is 7. The molecular weight excluding hydrogens is 416 g/mol. The molecule has 1 saturated heterocycles. The first-order valence-electron chi connectivity index (χ1n) is 9.19. The number of hydrogen-bond acceptors (Lipinski definition) is 10. The van der Waals surface area contributed by atoms with Crippen LogP contribution in [0.3, 0.4) is 0 Å². The molecule has 9 nitrogen and oxygen atoms in total. The van der Waals surface area contributed by atoms with Gasteiger partial charge in [-0.25, -0.2) is 0 Å². The van der Waals surface area contributed by atoms with E-state index in [1.165, 1.54) is 39.5 Å². The molecule has 30 heavy (non-hydrogen) atoms. The molecular formula is C20H24O9S. The quantitative estimate of drug-likeness (QED) is 0.460. The van der Waals surface area contributed by atoms with Gasteiger partial charge >= 0.3 is 23.9 Å². The van der Waals surface area contributed by atoms with Gasteiger partial charge in [0.1, 0.15) is 18.1 Å². The van der Waals surface area contributed by atoms with Gasteiger partial charge in [0, 0.05) is 32.6 Å². The molecule has 0 N–H and O–H groups in total. The van der Waals surface area contributed by atoms with Crippen LogP contribution >= 0.6 is 11.8 Å². The molecule has 5 atom stereocenters. The van der Waals surface area contributed by atoms with E-state index in [1.807, 2.05) is 30.3 Å². The van der Waals surface area contributed by atoms with E-state index < -0.39 is 53.7 Å². The van der Waals surface area contributed by atoms with Crippen LogP contribution in [0.5, 0.6) is 0 Å². The third kappa shape index (κ3) is 7.03. The van der Waals surface area contributed by atoms with Gasteiger partial charge in [0.15, 0.2) is 18.3 Å². The number of carbonyl (C=O) groups is 4. The van der Waals surface area contributed by atoms with Gasteiger partial charge in [0.25, 0.3) is 0 Å². The lowest BCUT2D eigenvalue weighted by Gasteiger charge is -2.44. The molecule has 0 spiro atoms. The molecule has 2 rings (SSSR count). The maximum absolute atomic E-state index is 11.8. The first-order chi connectivity index (χ1) is 14.2. The fourth-order valence-corrected chi connectivity index (χ4v) is 4.04. The molecule has 1 aliphatic heterocycles. The molecule has 0 saturated carbocycles. The van der Waals surface area contributed by atoms with Gasteiger partial charge < -0.3 is 23.7 Å². The van der Waals surface area contributed by atoms with Crippen molar-refractivity contribution in [2.75, 3.05) is 6.61 Å². The van der Waals surface area contributed by atoms with Gasteiger partial charge in [-0.2, -0.15) is 0 Å². The highest BCUT2D eigenvalue weighted by atomic mass is 32.2. The van der Waals surface area contributed by atoms with Crippen LogP contribution in [0.25, 0.3) is 0 Å². The number of esters is 4. The van der Waals surface area contributed by atoms with Crippen molar-refractivity contribution in [2.45, 2.75) is 62.4 Å². The maximum atomic E-state index is 11.8. The predicted molar refractivity (Wildman–Crippen MR) is 104 cm³/mol. The van der Waals surface area contributed by atoms with Crippen LogP contribution in [0, 0.1) is 0 Å². The molecule has 0 aliphatic carbocycles. The summed E-state index contributed by atoms with van der Waals surface area (Å²) in [5.74, 6) is -2.51. The van der Waals surface area contributed by atoms with E-state index in [-0.39, 0.29) is 6.61 Å². The van der Waals surface area contributed by atoms with Crippen molar-refractivity contribution < 1.29 is 42.9 Å². The molecule has 1 fully saturated rings.